The first-order chi connectivity index (χ1) is 18.6. The molecule has 0 saturated heterocycles. The van der Waals surface area contributed by atoms with Gasteiger partial charge in [-0.05, 0) is 61.9 Å². The molecule has 0 radical (unpaired) electrons. The molecule has 0 bridgehead atoms. The van der Waals surface area contributed by atoms with E-state index in [1.54, 1.807) is 24.4 Å². The van der Waals surface area contributed by atoms with Gasteiger partial charge in [-0.3, -0.25) is 4.79 Å². The summed E-state index contributed by atoms with van der Waals surface area (Å²) in [5.41, 5.74) is 0.0105. The fourth-order valence-electron chi connectivity index (χ4n) is 4.55. The predicted molar refractivity (Wildman–Crippen MR) is 137 cm³/mol. The number of carbonyl (C=O) groups excluding carboxylic acids is 1. The third-order valence-corrected chi connectivity index (χ3v) is 7.82. The van der Waals surface area contributed by atoms with Crippen molar-refractivity contribution in [3.05, 3.63) is 70.9 Å². The number of aryl methyl sites for hydroxylation is 1. The zero-order chi connectivity index (χ0) is 27.6. The average molecular weight is 559 g/mol. The van der Waals surface area contributed by atoms with Gasteiger partial charge in [0.05, 0.1) is 17.6 Å². The van der Waals surface area contributed by atoms with Gasteiger partial charge in [-0.2, -0.15) is 13.2 Å². The van der Waals surface area contributed by atoms with E-state index >= 15 is 0 Å². The Morgan fingerprint density at radius 3 is 2.69 bits per heavy atom. The van der Waals surface area contributed by atoms with Gasteiger partial charge in [0.2, 0.25) is 11.9 Å². The minimum atomic E-state index is -4.57. The Labute approximate surface area is 225 Å². The highest BCUT2D eigenvalue weighted by Crippen LogP contribution is 2.43. The number of rotatable bonds is 7. The highest BCUT2D eigenvalue weighted by Gasteiger charge is 2.39. The second-order valence-electron chi connectivity index (χ2n) is 9.51. The lowest BCUT2D eigenvalue weighted by Crippen LogP contribution is -2.38. The first-order valence-electron chi connectivity index (χ1n) is 12.2. The molecular weight excluding hydrogens is 533 g/mol. The Balaban J connectivity index is 1.25. The number of carbonyl (C=O) groups is 1. The van der Waals surface area contributed by atoms with E-state index in [4.69, 9.17) is 4.52 Å². The molecule has 3 aromatic heterocycles. The molecule has 39 heavy (non-hydrogen) atoms. The molecule has 13 heteroatoms. The number of alkyl halides is 3. The van der Waals surface area contributed by atoms with Crippen LogP contribution in [0.25, 0.3) is 10.4 Å². The van der Waals surface area contributed by atoms with Crippen LogP contribution < -0.4 is 10.6 Å². The normalized spacial score (nSPS) is 19.6. The first kappa shape index (κ1) is 26.8. The molecule has 4 aromatic rings. The van der Waals surface area contributed by atoms with Crippen molar-refractivity contribution in [2.45, 2.75) is 50.9 Å². The number of nitrogens with zero attached hydrogens (tertiary/aromatic N) is 4. The molecule has 204 valence electrons. The third kappa shape index (κ3) is 6.25. The summed E-state index contributed by atoms with van der Waals surface area (Å²) < 4.78 is 44.1. The smallest absolute Gasteiger partial charge is 0.383 e. The Bertz CT molecular complexity index is 1450. The molecule has 3 heterocycles. The lowest BCUT2D eigenvalue weighted by molar-refractivity contribution is -0.141. The van der Waals surface area contributed by atoms with Crippen LogP contribution in [0.3, 0.4) is 0 Å². The quantitative estimate of drug-likeness (QED) is 0.277. The fraction of sp³-hybridized carbons (Fsp3) is 0.346. The zero-order valence-electron chi connectivity index (χ0n) is 20.8. The summed E-state index contributed by atoms with van der Waals surface area (Å²) in [6, 6.07) is 7.97. The standard InChI is InChI=1S/C26H25F3N6O3S/c1-15-10-17(12-18(11-15)34-24-30-8-5-21(35-24)26(27,28)29)20-14-32-23(39-20)25(37)6-2-16(3-7-25)22(36)31-13-19-4-9-33-38-19/h4-5,8-12,14,16,37H,2-3,6-7,13H2,1H3,(H,31,36)(H,30,34,35)/t16-,25+. The van der Waals surface area contributed by atoms with Crippen molar-refractivity contribution in [3.8, 4) is 10.4 Å². The summed E-state index contributed by atoms with van der Waals surface area (Å²) in [6.45, 7) is 2.13. The van der Waals surface area contributed by atoms with E-state index in [-0.39, 0.29) is 24.3 Å². The van der Waals surface area contributed by atoms with Gasteiger partial charge in [0, 0.05) is 30.1 Å². The summed E-state index contributed by atoms with van der Waals surface area (Å²) in [7, 11) is 0. The van der Waals surface area contributed by atoms with Crippen molar-refractivity contribution in [3.63, 3.8) is 0 Å². The van der Waals surface area contributed by atoms with Crippen LogP contribution in [0.1, 0.15) is 47.7 Å². The van der Waals surface area contributed by atoms with E-state index < -0.39 is 17.5 Å². The molecule has 1 saturated carbocycles. The van der Waals surface area contributed by atoms with Crippen molar-refractivity contribution in [2.75, 3.05) is 5.32 Å². The lowest BCUT2D eigenvalue weighted by Gasteiger charge is -2.33. The van der Waals surface area contributed by atoms with Crippen LogP contribution in [0.4, 0.5) is 24.8 Å². The summed E-state index contributed by atoms with van der Waals surface area (Å²) in [5.74, 6) is 0.110. The molecule has 0 aliphatic heterocycles. The molecule has 1 amide bonds. The SMILES string of the molecule is Cc1cc(Nc2nccc(C(F)(F)F)n2)cc(-c2cnc([C@]3(O)CC[C@@H](C(=O)NCc4ccno4)CC3)s2)c1. The van der Waals surface area contributed by atoms with Crippen LogP contribution in [0, 0.1) is 12.8 Å². The lowest BCUT2D eigenvalue weighted by atomic mass is 9.78. The third-order valence-electron chi connectivity index (χ3n) is 6.58. The second kappa shape index (κ2) is 10.7. The number of halogens is 3. The predicted octanol–water partition coefficient (Wildman–Crippen LogP) is 5.35. The van der Waals surface area contributed by atoms with Gasteiger partial charge >= 0.3 is 6.18 Å². The van der Waals surface area contributed by atoms with Crippen molar-refractivity contribution in [1.82, 2.24) is 25.4 Å². The number of benzene rings is 1. The number of aliphatic hydroxyl groups is 1. The molecule has 9 nitrogen and oxygen atoms in total. The van der Waals surface area contributed by atoms with Crippen LogP contribution >= 0.6 is 11.3 Å². The van der Waals surface area contributed by atoms with E-state index in [0.29, 0.717) is 42.1 Å². The molecule has 0 atom stereocenters. The van der Waals surface area contributed by atoms with E-state index in [1.807, 2.05) is 13.0 Å². The molecule has 1 aromatic carbocycles. The number of thiazole rings is 1. The molecule has 0 unspecified atom stereocenters. The van der Waals surface area contributed by atoms with E-state index in [1.165, 1.54) is 17.5 Å². The minimum absolute atomic E-state index is 0.0854. The van der Waals surface area contributed by atoms with Crippen LogP contribution in [-0.2, 0) is 23.1 Å². The highest BCUT2D eigenvalue weighted by atomic mass is 32.1. The van der Waals surface area contributed by atoms with Crippen LogP contribution in [-0.4, -0.2) is 31.1 Å². The second-order valence-corrected chi connectivity index (χ2v) is 10.5. The number of nitrogens with one attached hydrogen (secondary N) is 2. The van der Waals surface area contributed by atoms with Crippen molar-refractivity contribution >= 4 is 28.9 Å². The monoisotopic (exact) mass is 558 g/mol. The van der Waals surface area contributed by atoms with Crippen molar-refractivity contribution < 1.29 is 27.6 Å². The largest absolute Gasteiger partial charge is 0.433 e. The van der Waals surface area contributed by atoms with Gasteiger partial charge in [0.25, 0.3) is 0 Å². The maximum Gasteiger partial charge on any atom is 0.433 e. The highest BCUT2D eigenvalue weighted by molar-refractivity contribution is 7.15. The Morgan fingerprint density at radius 1 is 1.18 bits per heavy atom. The Morgan fingerprint density at radius 2 is 1.97 bits per heavy atom. The van der Waals surface area contributed by atoms with Crippen LogP contribution in [0.2, 0.25) is 0 Å². The van der Waals surface area contributed by atoms with E-state index in [2.05, 4.69) is 30.7 Å². The number of hydrogen-bond donors (Lipinski definition) is 3. The maximum absolute atomic E-state index is 13.0. The fourth-order valence-corrected chi connectivity index (χ4v) is 5.60. The zero-order valence-corrected chi connectivity index (χ0v) is 21.6. The molecule has 1 fully saturated rings. The molecule has 3 N–H and O–H groups in total. The van der Waals surface area contributed by atoms with Crippen molar-refractivity contribution in [1.29, 1.82) is 0 Å². The maximum atomic E-state index is 13.0. The van der Waals surface area contributed by atoms with Gasteiger partial charge in [0.15, 0.2) is 5.76 Å². The molecule has 0 spiro atoms. The molecule has 1 aliphatic rings. The molecule has 5 rings (SSSR count). The number of hydrogen-bond acceptors (Lipinski definition) is 9. The van der Waals surface area contributed by atoms with Gasteiger partial charge in [-0.1, -0.05) is 11.2 Å². The molecular formula is C26H25F3N6O3S. The van der Waals surface area contributed by atoms with Crippen molar-refractivity contribution in [2.24, 2.45) is 5.92 Å². The van der Waals surface area contributed by atoms with E-state index in [9.17, 15) is 23.1 Å². The summed E-state index contributed by atoms with van der Waals surface area (Å²) in [5, 5.41) is 21.2. The molecule has 1 aliphatic carbocycles. The van der Waals surface area contributed by atoms with Gasteiger partial charge < -0.3 is 20.3 Å². The first-order valence-corrected chi connectivity index (χ1v) is 13.1. The van der Waals surface area contributed by atoms with Gasteiger partial charge in [-0.25, -0.2) is 15.0 Å². The number of anilines is 2. The average Bonchev–Trinajstić information content (AvgIpc) is 3.60. The minimum Gasteiger partial charge on any atom is -0.383 e. The number of amides is 1. The van der Waals surface area contributed by atoms with E-state index in [0.717, 1.165) is 28.3 Å². The Kier molecular flexibility index (Phi) is 7.36. The van der Waals surface area contributed by atoms with Gasteiger partial charge in [0.1, 0.15) is 16.3 Å². The topological polar surface area (TPSA) is 126 Å². The summed E-state index contributed by atoms with van der Waals surface area (Å²) in [6.07, 6.45) is 1.50. The van der Waals surface area contributed by atoms with Gasteiger partial charge in [-0.15, -0.1) is 11.3 Å². The Hall–Kier alpha value is -3.84. The van der Waals surface area contributed by atoms with Crippen LogP contribution in [0.15, 0.2) is 53.4 Å². The van der Waals surface area contributed by atoms with Crippen LogP contribution in [0.5, 0.6) is 0 Å². The summed E-state index contributed by atoms with van der Waals surface area (Å²) >= 11 is 1.35. The number of aromatic nitrogens is 4. The summed E-state index contributed by atoms with van der Waals surface area (Å²) in [4.78, 5) is 25.3.